The van der Waals surface area contributed by atoms with Gasteiger partial charge in [0, 0.05) is 0 Å². The van der Waals surface area contributed by atoms with Crippen LogP contribution < -0.4 is 11.1 Å². The highest BCUT2D eigenvalue weighted by atomic mass is 19.1. The molecule has 98 valence electrons. The minimum Gasteiger partial charge on any atom is -0.368 e. The first-order valence-electron chi connectivity index (χ1n) is 5.82. The van der Waals surface area contributed by atoms with Gasteiger partial charge < -0.3 is 11.1 Å². The molecule has 0 aliphatic carbocycles. The predicted octanol–water partition coefficient (Wildman–Crippen LogP) is 1.46. The lowest BCUT2D eigenvalue weighted by Gasteiger charge is -2.21. The number of carbonyl (C=O) groups excluding carboxylic acids is 2. The maximum absolute atomic E-state index is 13.4. The molecule has 0 fully saturated rings. The molecule has 1 aromatic rings. The molecule has 2 amide bonds. The molecule has 0 bridgehead atoms. The highest BCUT2D eigenvalue weighted by molar-refractivity contribution is 5.97. The second-order valence-electron chi connectivity index (χ2n) is 4.22. The summed E-state index contributed by atoms with van der Waals surface area (Å²) in [7, 11) is 0. The fourth-order valence-electron chi connectivity index (χ4n) is 1.59. The zero-order chi connectivity index (χ0) is 13.7. The van der Waals surface area contributed by atoms with Crippen LogP contribution >= 0.6 is 0 Å². The van der Waals surface area contributed by atoms with E-state index in [9.17, 15) is 14.0 Å². The van der Waals surface area contributed by atoms with Gasteiger partial charge in [0.15, 0.2) is 0 Å². The van der Waals surface area contributed by atoms with Crippen molar-refractivity contribution in [1.82, 2.24) is 5.32 Å². The van der Waals surface area contributed by atoms with E-state index in [1.165, 1.54) is 18.2 Å². The highest BCUT2D eigenvalue weighted by Crippen LogP contribution is 2.10. The van der Waals surface area contributed by atoms with Gasteiger partial charge in [0.2, 0.25) is 5.91 Å². The summed E-state index contributed by atoms with van der Waals surface area (Å²) in [4.78, 5) is 23.1. The molecule has 0 spiro atoms. The minimum absolute atomic E-state index is 0.0907. The molecular weight excluding hydrogens is 235 g/mol. The Morgan fingerprint density at radius 3 is 2.50 bits per heavy atom. The second kappa shape index (κ2) is 6.14. The maximum atomic E-state index is 13.4. The summed E-state index contributed by atoms with van der Waals surface area (Å²) in [6, 6.07) is 4.81. The molecule has 1 rings (SSSR count). The smallest absolute Gasteiger partial charge is 0.254 e. The number of rotatable bonds is 5. The van der Waals surface area contributed by atoms with Crippen molar-refractivity contribution in [2.75, 3.05) is 0 Å². The van der Waals surface area contributed by atoms with Crippen LogP contribution in [-0.2, 0) is 4.79 Å². The lowest BCUT2D eigenvalue weighted by Crippen LogP contribution is -2.48. The molecule has 0 saturated carbocycles. The molecule has 3 N–H and O–H groups in total. The normalized spacial score (nSPS) is 13.7. The zero-order valence-corrected chi connectivity index (χ0v) is 10.4. The molecule has 2 atom stereocenters. The second-order valence-corrected chi connectivity index (χ2v) is 4.22. The lowest BCUT2D eigenvalue weighted by atomic mass is 9.98. The van der Waals surface area contributed by atoms with Crippen LogP contribution in [0.3, 0.4) is 0 Å². The van der Waals surface area contributed by atoms with Crippen molar-refractivity contribution in [2.45, 2.75) is 26.3 Å². The van der Waals surface area contributed by atoms with Gasteiger partial charge in [-0.1, -0.05) is 32.4 Å². The number of primary amides is 1. The summed E-state index contributed by atoms with van der Waals surface area (Å²) >= 11 is 0. The van der Waals surface area contributed by atoms with Gasteiger partial charge in [0.1, 0.15) is 11.9 Å². The first kappa shape index (κ1) is 14.2. The molecular formula is C13H17FN2O2. The van der Waals surface area contributed by atoms with Crippen molar-refractivity contribution in [1.29, 1.82) is 0 Å². The zero-order valence-electron chi connectivity index (χ0n) is 10.4. The van der Waals surface area contributed by atoms with Crippen LogP contribution in [0.2, 0.25) is 0 Å². The summed E-state index contributed by atoms with van der Waals surface area (Å²) in [6.07, 6.45) is 0.686. The predicted molar refractivity (Wildman–Crippen MR) is 66.3 cm³/mol. The summed E-state index contributed by atoms with van der Waals surface area (Å²) in [5.41, 5.74) is 5.14. The fourth-order valence-corrected chi connectivity index (χ4v) is 1.59. The van der Waals surface area contributed by atoms with E-state index in [0.717, 1.165) is 0 Å². The van der Waals surface area contributed by atoms with Gasteiger partial charge in [0.25, 0.3) is 5.91 Å². The molecule has 0 unspecified atom stereocenters. The molecule has 0 aromatic heterocycles. The Hall–Kier alpha value is -1.91. The average molecular weight is 252 g/mol. The van der Waals surface area contributed by atoms with Gasteiger partial charge in [-0.3, -0.25) is 9.59 Å². The molecule has 18 heavy (non-hydrogen) atoms. The molecule has 0 aliphatic heterocycles. The monoisotopic (exact) mass is 252 g/mol. The molecule has 0 heterocycles. The summed E-state index contributed by atoms with van der Waals surface area (Å²) in [6.45, 7) is 3.69. The summed E-state index contributed by atoms with van der Waals surface area (Å²) < 4.78 is 13.4. The third-order valence-electron chi connectivity index (χ3n) is 2.92. The maximum Gasteiger partial charge on any atom is 0.254 e. The molecule has 0 radical (unpaired) electrons. The Labute approximate surface area is 105 Å². The Morgan fingerprint density at radius 1 is 1.39 bits per heavy atom. The van der Waals surface area contributed by atoms with E-state index in [1.54, 1.807) is 13.0 Å². The van der Waals surface area contributed by atoms with E-state index in [2.05, 4.69) is 5.32 Å². The van der Waals surface area contributed by atoms with E-state index in [-0.39, 0.29) is 11.5 Å². The fraction of sp³-hybridized carbons (Fsp3) is 0.385. The lowest BCUT2D eigenvalue weighted by molar-refractivity contribution is -0.120. The van der Waals surface area contributed by atoms with Crippen LogP contribution in [0.5, 0.6) is 0 Å². The third kappa shape index (κ3) is 3.29. The Balaban J connectivity index is 2.86. The largest absolute Gasteiger partial charge is 0.368 e. The van der Waals surface area contributed by atoms with Gasteiger partial charge in [-0.15, -0.1) is 0 Å². The summed E-state index contributed by atoms with van der Waals surface area (Å²) in [5.74, 6) is -1.97. The first-order valence-corrected chi connectivity index (χ1v) is 5.82. The van der Waals surface area contributed by atoms with E-state index in [4.69, 9.17) is 5.73 Å². The van der Waals surface area contributed by atoms with Gasteiger partial charge in [-0.25, -0.2) is 4.39 Å². The van der Waals surface area contributed by atoms with E-state index in [0.29, 0.717) is 6.42 Å². The van der Waals surface area contributed by atoms with E-state index in [1.807, 2.05) is 6.92 Å². The van der Waals surface area contributed by atoms with Gasteiger partial charge in [0.05, 0.1) is 5.56 Å². The number of halogens is 1. The van der Waals surface area contributed by atoms with Crippen molar-refractivity contribution in [3.63, 3.8) is 0 Å². The van der Waals surface area contributed by atoms with Crippen LogP contribution in [-0.4, -0.2) is 17.9 Å². The van der Waals surface area contributed by atoms with Crippen LogP contribution in [0, 0.1) is 11.7 Å². The minimum atomic E-state index is -0.790. The SMILES string of the molecule is CC[C@@H](C)[C@@H](NC(=O)c1ccccc1F)C(N)=O. The van der Waals surface area contributed by atoms with Crippen LogP contribution in [0.4, 0.5) is 4.39 Å². The molecule has 0 aliphatic rings. The van der Waals surface area contributed by atoms with Gasteiger partial charge >= 0.3 is 0 Å². The number of amides is 2. The molecule has 0 saturated heterocycles. The van der Waals surface area contributed by atoms with Crippen molar-refractivity contribution in [3.8, 4) is 0 Å². The number of benzene rings is 1. The standard InChI is InChI=1S/C13H17FN2O2/c1-3-8(2)11(12(15)17)16-13(18)9-6-4-5-7-10(9)14/h4-8,11H,3H2,1-2H3,(H2,15,17)(H,16,18)/t8-,11-/m1/s1. The van der Waals surface area contributed by atoms with Crippen LogP contribution in [0.15, 0.2) is 24.3 Å². The topological polar surface area (TPSA) is 72.2 Å². The summed E-state index contributed by atoms with van der Waals surface area (Å²) in [5, 5.41) is 2.47. The molecule has 1 aromatic carbocycles. The third-order valence-corrected chi connectivity index (χ3v) is 2.92. The number of hydrogen-bond acceptors (Lipinski definition) is 2. The number of carbonyl (C=O) groups is 2. The van der Waals surface area contributed by atoms with Crippen LogP contribution in [0.1, 0.15) is 30.6 Å². The Bertz CT molecular complexity index is 448. The molecule has 5 heteroatoms. The van der Waals surface area contributed by atoms with Crippen molar-refractivity contribution in [3.05, 3.63) is 35.6 Å². The number of hydrogen-bond donors (Lipinski definition) is 2. The van der Waals surface area contributed by atoms with E-state index >= 15 is 0 Å². The van der Waals surface area contributed by atoms with Crippen molar-refractivity contribution in [2.24, 2.45) is 11.7 Å². The van der Waals surface area contributed by atoms with Gasteiger partial charge in [-0.05, 0) is 18.1 Å². The Kier molecular flexibility index (Phi) is 4.83. The molecule has 4 nitrogen and oxygen atoms in total. The number of nitrogens with one attached hydrogen (secondary N) is 1. The van der Waals surface area contributed by atoms with Crippen molar-refractivity contribution < 1.29 is 14.0 Å². The average Bonchev–Trinajstić information content (AvgIpc) is 2.35. The highest BCUT2D eigenvalue weighted by Gasteiger charge is 2.24. The van der Waals surface area contributed by atoms with Crippen LogP contribution in [0.25, 0.3) is 0 Å². The van der Waals surface area contributed by atoms with Gasteiger partial charge in [-0.2, -0.15) is 0 Å². The first-order chi connectivity index (χ1) is 8.47. The van der Waals surface area contributed by atoms with E-state index < -0.39 is 23.7 Å². The van der Waals surface area contributed by atoms with Crippen molar-refractivity contribution >= 4 is 11.8 Å². The Morgan fingerprint density at radius 2 is 2.00 bits per heavy atom. The quantitative estimate of drug-likeness (QED) is 0.832. The number of nitrogens with two attached hydrogens (primary N) is 1.